The molecule has 0 N–H and O–H groups in total. The Labute approximate surface area is 236 Å². The topological polar surface area (TPSA) is 67.2 Å². The number of fused-ring (bicyclic) bond motifs is 1. The summed E-state index contributed by atoms with van der Waals surface area (Å²) in [6.45, 7) is 4.52. The quantitative estimate of drug-likeness (QED) is 0.272. The van der Waals surface area contributed by atoms with E-state index in [0.29, 0.717) is 48.1 Å². The predicted molar refractivity (Wildman–Crippen MR) is 155 cm³/mol. The molecule has 0 spiro atoms. The van der Waals surface area contributed by atoms with Gasteiger partial charge in [0.2, 0.25) is 0 Å². The Morgan fingerprint density at radius 2 is 1.65 bits per heavy atom. The summed E-state index contributed by atoms with van der Waals surface area (Å²) in [5.74, 6) is 1.17. The zero-order valence-electron chi connectivity index (χ0n) is 22.1. The first-order valence-electron chi connectivity index (χ1n) is 13.3. The average Bonchev–Trinajstić information content (AvgIpc) is 3.13. The number of halogens is 2. The van der Waals surface area contributed by atoms with Crippen LogP contribution in [0.25, 0.3) is 16.7 Å². The zero-order chi connectivity index (χ0) is 27.6. The molecule has 1 amide bonds. The van der Waals surface area contributed by atoms with Gasteiger partial charge in [0.1, 0.15) is 17.5 Å². The predicted octanol–water partition coefficient (Wildman–Crippen LogP) is 5.86. The van der Waals surface area contributed by atoms with Gasteiger partial charge < -0.3 is 9.80 Å². The summed E-state index contributed by atoms with van der Waals surface area (Å²) < 4.78 is 15.5. The highest BCUT2D eigenvalue weighted by atomic mass is 35.5. The summed E-state index contributed by atoms with van der Waals surface area (Å²) in [4.78, 5) is 27.4. The van der Waals surface area contributed by atoms with E-state index in [4.69, 9.17) is 26.7 Å². The van der Waals surface area contributed by atoms with Gasteiger partial charge in [0.25, 0.3) is 5.91 Å². The Kier molecular flexibility index (Phi) is 7.17. The van der Waals surface area contributed by atoms with Crippen LogP contribution in [-0.2, 0) is 6.42 Å². The highest BCUT2D eigenvalue weighted by Crippen LogP contribution is 2.30. The molecule has 1 saturated heterocycles. The molecule has 1 fully saturated rings. The summed E-state index contributed by atoms with van der Waals surface area (Å²) in [5, 5.41) is 6.26. The molecule has 2 aromatic heterocycles. The minimum atomic E-state index is -0.306. The van der Waals surface area contributed by atoms with Crippen LogP contribution < -0.4 is 4.90 Å². The fraction of sp³-hybridized carbons (Fsp3) is 0.226. The number of benzene rings is 3. The van der Waals surface area contributed by atoms with E-state index in [2.05, 4.69) is 17.0 Å². The van der Waals surface area contributed by atoms with Crippen molar-refractivity contribution in [2.75, 3.05) is 31.1 Å². The van der Waals surface area contributed by atoms with Gasteiger partial charge in [-0.25, -0.2) is 19.0 Å². The normalized spacial score (nSPS) is 14.0. The third-order valence-electron chi connectivity index (χ3n) is 7.18. The molecule has 6 rings (SSSR count). The standard InChI is InChI=1S/C31H28ClFN6O/c1-21-28-29(37-16-5-17-38(19-18-37)31(40)23-8-10-24(32)11-9-23)34-27(20-22-6-3-2-4-7-22)35-30(28)39(36-21)26-14-12-25(33)13-15-26/h2-4,6-15H,5,16-20H2,1H3. The molecule has 40 heavy (non-hydrogen) atoms. The number of aryl methyl sites for hydroxylation is 1. The molecule has 202 valence electrons. The average molecular weight is 555 g/mol. The number of aromatic nitrogens is 4. The lowest BCUT2D eigenvalue weighted by Crippen LogP contribution is -2.35. The van der Waals surface area contributed by atoms with Crippen molar-refractivity contribution in [3.8, 4) is 5.69 Å². The first-order chi connectivity index (χ1) is 19.5. The molecular weight excluding hydrogens is 527 g/mol. The van der Waals surface area contributed by atoms with Crippen molar-refractivity contribution in [2.24, 2.45) is 0 Å². The van der Waals surface area contributed by atoms with Crippen LogP contribution in [0, 0.1) is 12.7 Å². The summed E-state index contributed by atoms with van der Waals surface area (Å²) in [5.41, 5.74) is 3.93. The second kappa shape index (κ2) is 11.1. The lowest BCUT2D eigenvalue weighted by Gasteiger charge is -2.24. The Hall–Kier alpha value is -4.30. The molecule has 1 aliphatic heterocycles. The van der Waals surface area contributed by atoms with Crippen molar-refractivity contribution in [2.45, 2.75) is 19.8 Å². The highest BCUT2D eigenvalue weighted by molar-refractivity contribution is 6.30. The number of hydrogen-bond donors (Lipinski definition) is 0. The maximum atomic E-state index is 13.7. The second-order valence-corrected chi connectivity index (χ2v) is 10.4. The number of rotatable bonds is 5. The molecule has 0 unspecified atom stereocenters. The van der Waals surface area contributed by atoms with Gasteiger partial charge in [0, 0.05) is 43.2 Å². The molecule has 0 saturated carbocycles. The Morgan fingerprint density at radius 1 is 0.900 bits per heavy atom. The van der Waals surface area contributed by atoms with E-state index in [1.807, 2.05) is 30.0 Å². The minimum absolute atomic E-state index is 0.00331. The van der Waals surface area contributed by atoms with E-state index in [9.17, 15) is 9.18 Å². The van der Waals surface area contributed by atoms with Gasteiger partial charge in [-0.3, -0.25) is 4.79 Å². The van der Waals surface area contributed by atoms with Crippen LogP contribution in [0.4, 0.5) is 10.2 Å². The van der Waals surface area contributed by atoms with Crippen LogP contribution in [0.1, 0.15) is 33.9 Å². The lowest BCUT2D eigenvalue weighted by atomic mass is 10.1. The third-order valence-corrected chi connectivity index (χ3v) is 7.43. The minimum Gasteiger partial charge on any atom is -0.354 e. The second-order valence-electron chi connectivity index (χ2n) is 9.94. The van der Waals surface area contributed by atoms with Crippen LogP contribution in [0.3, 0.4) is 0 Å². The fourth-order valence-corrected chi connectivity index (χ4v) is 5.29. The van der Waals surface area contributed by atoms with E-state index in [-0.39, 0.29) is 11.7 Å². The van der Waals surface area contributed by atoms with Crippen LogP contribution in [0.15, 0.2) is 78.9 Å². The summed E-state index contributed by atoms with van der Waals surface area (Å²) >= 11 is 6.02. The van der Waals surface area contributed by atoms with Gasteiger partial charge in [0.05, 0.1) is 16.8 Å². The van der Waals surface area contributed by atoms with Crippen molar-refractivity contribution in [3.05, 3.63) is 112 Å². The van der Waals surface area contributed by atoms with Crippen LogP contribution in [0.2, 0.25) is 5.02 Å². The van der Waals surface area contributed by atoms with E-state index < -0.39 is 0 Å². The molecular formula is C31H28ClFN6O. The molecule has 0 aliphatic carbocycles. The molecule has 3 aromatic carbocycles. The van der Waals surface area contributed by atoms with Gasteiger partial charge in [-0.2, -0.15) is 5.10 Å². The van der Waals surface area contributed by atoms with Gasteiger partial charge in [-0.05, 0) is 67.4 Å². The van der Waals surface area contributed by atoms with Crippen molar-refractivity contribution >= 4 is 34.4 Å². The number of carbonyl (C=O) groups is 1. The van der Waals surface area contributed by atoms with E-state index in [1.54, 1.807) is 41.1 Å². The fourth-order valence-electron chi connectivity index (χ4n) is 5.16. The monoisotopic (exact) mass is 554 g/mol. The van der Waals surface area contributed by atoms with Crippen molar-refractivity contribution in [1.82, 2.24) is 24.6 Å². The van der Waals surface area contributed by atoms with Gasteiger partial charge in [-0.1, -0.05) is 41.9 Å². The zero-order valence-corrected chi connectivity index (χ0v) is 22.9. The van der Waals surface area contributed by atoms with E-state index in [0.717, 1.165) is 41.1 Å². The van der Waals surface area contributed by atoms with Crippen molar-refractivity contribution in [1.29, 1.82) is 0 Å². The Balaban J connectivity index is 1.37. The molecule has 7 nitrogen and oxygen atoms in total. The third kappa shape index (κ3) is 5.27. The molecule has 0 bridgehead atoms. The Bertz CT molecular complexity index is 1650. The van der Waals surface area contributed by atoms with E-state index >= 15 is 0 Å². The molecule has 0 radical (unpaired) electrons. The molecule has 9 heteroatoms. The van der Waals surface area contributed by atoms with Gasteiger partial charge >= 0.3 is 0 Å². The van der Waals surface area contributed by atoms with Gasteiger partial charge in [0.15, 0.2) is 5.65 Å². The molecule has 3 heterocycles. The first kappa shape index (κ1) is 26.0. The summed E-state index contributed by atoms with van der Waals surface area (Å²) in [6.07, 6.45) is 1.36. The number of anilines is 1. The maximum absolute atomic E-state index is 13.7. The number of hydrogen-bond acceptors (Lipinski definition) is 5. The summed E-state index contributed by atoms with van der Waals surface area (Å²) in [7, 11) is 0. The summed E-state index contributed by atoms with van der Waals surface area (Å²) in [6, 6.07) is 23.4. The lowest BCUT2D eigenvalue weighted by molar-refractivity contribution is 0.0767. The number of amides is 1. The first-order valence-corrected chi connectivity index (χ1v) is 13.7. The molecule has 1 aliphatic rings. The molecule has 0 atom stereocenters. The molecule has 5 aromatic rings. The van der Waals surface area contributed by atoms with Crippen LogP contribution in [0.5, 0.6) is 0 Å². The van der Waals surface area contributed by atoms with Crippen LogP contribution >= 0.6 is 11.6 Å². The Morgan fingerprint density at radius 3 is 2.40 bits per heavy atom. The maximum Gasteiger partial charge on any atom is 0.253 e. The van der Waals surface area contributed by atoms with Gasteiger partial charge in [-0.15, -0.1) is 0 Å². The number of nitrogens with zero attached hydrogens (tertiary/aromatic N) is 6. The smallest absolute Gasteiger partial charge is 0.253 e. The van der Waals surface area contributed by atoms with Crippen molar-refractivity contribution in [3.63, 3.8) is 0 Å². The van der Waals surface area contributed by atoms with E-state index in [1.165, 1.54) is 12.1 Å². The number of carbonyl (C=O) groups excluding carboxylic acids is 1. The van der Waals surface area contributed by atoms with Crippen LogP contribution in [-0.4, -0.2) is 56.7 Å². The van der Waals surface area contributed by atoms with Crippen molar-refractivity contribution < 1.29 is 9.18 Å². The highest BCUT2D eigenvalue weighted by Gasteiger charge is 2.25. The SMILES string of the molecule is Cc1nn(-c2ccc(F)cc2)c2nc(Cc3ccccc3)nc(N3CCCN(C(=O)c4ccc(Cl)cc4)CC3)c12. The largest absolute Gasteiger partial charge is 0.354 e.